The van der Waals surface area contributed by atoms with Crippen LogP contribution >= 0.6 is 11.3 Å². The number of nitrogens with two attached hydrogens (primary N) is 1. The molecule has 0 radical (unpaired) electrons. The number of nitrogen functional groups attached to an aromatic ring is 1. The molecule has 5 rings (SSSR count). The van der Waals surface area contributed by atoms with Crippen molar-refractivity contribution in [2.45, 2.75) is 13.0 Å². The average Bonchev–Trinajstić information content (AvgIpc) is 3.45. The Morgan fingerprint density at radius 1 is 1.15 bits per heavy atom. The third-order valence-electron chi connectivity index (χ3n) is 5.13. The number of aromatic hydroxyl groups is 2. The van der Waals surface area contributed by atoms with Gasteiger partial charge in [0.05, 0.1) is 28.7 Å². The minimum absolute atomic E-state index is 0.000825. The number of H-pyrrole nitrogens is 1. The highest BCUT2D eigenvalue weighted by atomic mass is 32.1. The van der Waals surface area contributed by atoms with Gasteiger partial charge in [-0.15, -0.1) is 11.3 Å². The van der Waals surface area contributed by atoms with Crippen molar-refractivity contribution in [2.24, 2.45) is 5.73 Å². The van der Waals surface area contributed by atoms with Gasteiger partial charge in [-0.05, 0) is 24.3 Å². The molecule has 0 aliphatic heterocycles. The van der Waals surface area contributed by atoms with Crippen molar-refractivity contribution in [3.05, 3.63) is 64.7 Å². The number of imidazole rings is 1. The molecule has 0 unspecified atom stereocenters. The van der Waals surface area contributed by atoms with Crippen LogP contribution in [0.3, 0.4) is 0 Å². The standard InChI is InChI=1S/C22H19FN6O3S/c23-12-8-14-21(15(9-12)32-6-5-29-19(30)3-4-20(29)31)28-17(26-14)10-18-27-13-2-1-11(22(24)25)7-16(13)33-18/h1-4,7-9,30-31H,5-6,10H2,(H3,24,25)(H,26,28). The quantitative estimate of drug-likeness (QED) is 0.183. The fraction of sp³-hybridized carbons (Fsp3) is 0.136. The van der Waals surface area contributed by atoms with Gasteiger partial charge in [-0.2, -0.15) is 0 Å². The van der Waals surface area contributed by atoms with E-state index in [0.29, 0.717) is 28.8 Å². The molecule has 3 heterocycles. The van der Waals surface area contributed by atoms with Gasteiger partial charge in [0.1, 0.15) is 40.4 Å². The zero-order valence-corrected chi connectivity index (χ0v) is 18.0. The molecule has 5 aromatic rings. The lowest BCUT2D eigenvalue weighted by molar-refractivity contribution is 0.276. The van der Waals surface area contributed by atoms with Gasteiger partial charge >= 0.3 is 0 Å². The summed E-state index contributed by atoms with van der Waals surface area (Å²) in [6, 6.07) is 10.8. The highest BCUT2D eigenvalue weighted by Crippen LogP contribution is 2.29. The third kappa shape index (κ3) is 4.05. The molecule has 11 heteroatoms. The first-order valence-corrected chi connectivity index (χ1v) is 10.8. The molecule has 0 bridgehead atoms. The number of amidine groups is 1. The molecule has 0 spiro atoms. The number of hydrogen-bond acceptors (Lipinski definition) is 7. The summed E-state index contributed by atoms with van der Waals surface area (Å²) in [4.78, 5) is 12.3. The Balaban J connectivity index is 1.38. The molecule has 0 amide bonds. The van der Waals surface area contributed by atoms with E-state index in [9.17, 15) is 14.6 Å². The first-order chi connectivity index (χ1) is 15.9. The van der Waals surface area contributed by atoms with Crippen LogP contribution in [0.5, 0.6) is 17.5 Å². The molecule has 0 aliphatic rings. The SMILES string of the molecule is N=C(N)c1ccc2nc(Cc3nc4c(OCCn5c(O)ccc5O)cc(F)cc4[nH]3)sc2c1. The molecule has 2 aromatic carbocycles. The van der Waals surface area contributed by atoms with Crippen molar-refractivity contribution in [1.29, 1.82) is 5.41 Å². The van der Waals surface area contributed by atoms with Gasteiger partial charge in [-0.3, -0.25) is 9.98 Å². The Bertz CT molecular complexity index is 1490. The van der Waals surface area contributed by atoms with E-state index in [-0.39, 0.29) is 36.5 Å². The van der Waals surface area contributed by atoms with Gasteiger partial charge in [0, 0.05) is 23.8 Å². The van der Waals surface area contributed by atoms with Crippen molar-refractivity contribution in [3.63, 3.8) is 0 Å². The van der Waals surface area contributed by atoms with E-state index in [4.69, 9.17) is 15.9 Å². The molecule has 0 saturated carbocycles. The lowest BCUT2D eigenvalue weighted by Crippen LogP contribution is -2.10. The summed E-state index contributed by atoms with van der Waals surface area (Å²) >= 11 is 1.48. The molecule has 0 atom stereocenters. The van der Waals surface area contributed by atoms with Crippen molar-refractivity contribution < 1.29 is 19.3 Å². The second-order valence-electron chi connectivity index (χ2n) is 7.41. The van der Waals surface area contributed by atoms with E-state index in [2.05, 4.69) is 15.0 Å². The van der Waals surface area contributed by atoms with Crippen LogP contribution in [0, 0.1) is 11.2 Å². The monoisotopic (exact) mass is 466 g/mol. The summed E-state index contributed by atoms with van der Waals surface area (Å²) < 4.78 is 22.1. The van der Waals surface area contributed by atoms with Gasteiger partial charge in [0.2, 0.25) is 0 Å². The summed E-state index contributed by atoms with van der Waals surface area (Å²) in [5.41, 5.74) is 7.98. The second-order valence-corrected chi connectivity index (χ2v) is 8.53. The van der Waals surface area contributed by atoms with Crippen LogP contribution in [-0.4, -0.2) is 42.2 Å². The summed E-state index contributed by atoms with van der Waals surface area (Å²) in [7, 11) is 0. The van der Waals surface area contributed by atoms with Crippen LogP contribution in [0.25, 0.3) is 21.3 Å². The molecule has 0 fully saturated rings. The van der Waals surface area contributed by atoms with Crippen LogP contribution in [0.1, 0.15) is 16.4 Å². The molecule has 168 valence electrons. The number of hydrogen-bond donors (Lipinski definition) is 5. The normalized spacial score (nSPS) is 11.4. The van der Waals surface area contributed by atoms with Crippen LogP contribution in [-0.2, 0) is 13.0 Å². The topological polar surface area (TPSA) is 146 Å². The smallest absolute Gasteiger partial charge is 0.193 e. The fourth-order valence-electron chi connectivity index (χ4n) is 3.58. The van der Waals surface area contributed by atoms with Gasteiger partial charge in [-0.1, -0.05) is 0 Å². The van der Waals surface area contributed by atoms with Crippen molar-refractivity contribution in [1.82, 2.24) is 19.5 Å². The van der Waals surface area contributed by atoms with E-state index in [1.54, 1.807) is 6.07 Å². The Hall–Kier alpha value is -4.12. The molecular formula is C22H19FN6O3S. The average molecular weight is 466 g/mol. The molecule has 0 aliphatic carbocycles. The lowest BCUT2D eigenvalue weighted by atomic mass is 10.2. The number of aromatic nitrogens is 4. The summed E-state index contributed by atoms with van der Waals surface area (Å²) in [5, 5.41) is 27.9. The van der Waals surface area contributed by atoms with Crippen molar-refractivity contribution in [2.75, 3.05) is 6.61 Å². The highest BCUT2D eigenvalue weighted by Gasteiger charge is 2.14. The fourth-order valence-corrected chi connectivity index (χ4v) is 4.59. The Morgan fingerprint density at radius 3 is 2.70 bits per heavy atom. The first kappa shape index (κ1) is 20.8. The molecule has 6 N–H and O–H groups in total. The minimum Gasteiger partial charge on any atom is -0.494 e. The molecule has 0 saturated heterocycles. The van der Waals surface area contributed by atoms with Gasteiger partial charge in [-0.25, -0.2) is 14.4 Å². The van der Waals surface area contributed by atoms with Gasteiger partial charge in [0.25, 0.3) is 0 Å². The van der Waals surface area contributed by atoms with Crippen LogP contribution in [0.2, 0.25) is 0 Å². The molecule has 33 heavy (non-hydrogen) atoms. The van der Waals surface area contributed by atoms with Gasteiger partial charge in [0.15, 0.2) is 11.8 Å². The molecule has 9 nitrogen and oxygen atoms in total. The number of fused-ring (bicyclic) bond motifs is 2. The maximum absolute atomic E-state index is 14.2. The predicted molar refractivity (Wildman–Crippen MR) is 123 cm³/mol. The number of ether oxygens (including phenoxy) is 1. The highest BCUT2D eigenvalue weighted by molar-refractivity contribution is 7.18. The van der Waals surface area contributed by atoms with Crippen LogP contribution in [0.15, 0.2) is 42.5 Å². The maximum atomic E-state index is 14.2. The number of aromatic amines is 1. The van der Waals surface area contributed by atoms with Gasteiger partial charge < -0.3 is 25.7 Å². The second kappa shape index (κ2) is 8.10. The van der Waals surface area contributed by atoms with E-state index in [1.807, 2.05) is 12.1 Å². The Morgan fingerprint density at radius 2 is 1.94 bits per heavy atom. The number of thiazole rings is 1. The van der Waals surface area contributed by atoms with Crippen LogP contribution in [0.4, 0.5) is 4.39 Å². The van der Waals surface area contributed by atoms with E-state index in [1.165, 1.54) is 40.2 Å². The number of halogens is 1. The largest absolute Gasteiger partial charge is 0.494 e. The third-order valence-corrected chi connectivity index (χ3v) is 6.15. The van der Waals surface area contributed by atoms with E-state index < -0.39 is 5.82 Å². The zero-order valence-electron chi connectivity index (χ0n) is 17.2. The number of benzene rings is 2. The summed E-state index contributed by atoms with van der Waals surface area (Å²) in [6.45, 7) is 0.265. The number of rotatable bonds is 7. The Kier molecular flexibility index (Phi) is 5.09. The predicted octanol–water partition coefficient (Wildman–Crippen LogP) is 3.48. The van der Waals surface area contributed by atoms with E-state index >= 15 is 0 Å². The van der Waals surface area contributed by atoms with Crippen molar-refractivity contribution in [3.8, 4) is 17.5 Å². The maximum Gasteiger partial charge on any atom is 0.193 e. The summed E-state index contributed by atoms with van der Waals surface area (Å²) in [5.74, 6) is 0.209. The zero-order chi connectivity index (χ0) is 23.1. The van der Waals surface area contributed by atoms with Crippen LogP contribution < -0.4 is 10.5 Å². The summed E-state index contributed by atoms with van der Waals surface area (Å²) in [6.07, 6.45) is 0.412. The first-order valence-electron chi connectivity index (χ1n) is 9.99. The van der Waals surface area contributed by atoms with E-state index in [0.717, 1.165) is 15.2 Å². The minimum atomic E-state index is -0.476. The van der Waals surface area contributed by atoms with Crippen molar-refractivity contribution >= 4 is 38.4 Å². The number of nitrogens with zero attached hydrogens (tertiary/aromatic N) is 3. The molecular weight excluding hydrogens is 447 g/mol. The Labute approximate surface area is 190 Å². The number of nitrogens with one attached hydrogen (secondary N) is 2. The molecule has 3 aromatic heterocycles. The lowest BCUT2D eigenvalue weighted by Gasteiger charge is -2.09.